The summed E-state index contributed by atoms with van der Waals surface area (Å²) in [6.45, 7) is 0. The first-order valence-electron chi connectivity index (χ1n) is 8.62. The second-order valence-corrected chi connectivity index (χ2v) is 8.85. The Kier molecular flexibility index (Phi) is 6.20. The van der Waals surface area contributed by atoms with Crippen molar-refractivity contribution < 1.29 is 0 Å². The van der Waals surface area contributed by atoms with Gasteiger partial charge in [-0.3, -0.25) is 0 Å². The van der Waals surface area contributed by atoms with Gasteiger partial charge in [0.1, 0.15) is 11.4 Å². The lowest BCUT2D eigenvalue weighted by molar-refractivity contribution is 0.850. The summed E-state index contributed by atoms with van der Waals surface area (Å²) >= 11 is 8.57. The topological polar surface area (TPSA) is 38.7 Å². The molecule has 0 aliphatic heterocycles. The van der Waals surface area contributed by atoms with Gasteiger partial charge in [-0.1, -0.05) is 98.2 Å². The second-order valence-electron chi connectivity index (χ2n) is 6.08. The number of rotatable bonds is 5. The number of aromatic nitrogens is 3. The molecule has 1 heterocycles. The van der Waals surface area contributed by atoms with Crippen molar-refractivity contribution in [3.8, 4) is 22.5 Å². The number of nitrogens with zero attached hydrogens (tertiary/aromatic N) is 3. The van der Waals surface area contributed by atoms with Crippen molar-refractivity contribution in [3.05, 3.63) is 93.4 Å². The van der Waals surface area contributed by atoms with Gasteiger partial charge in [-0.05, 0) is 29.8 Å². The van der Waals surface area contributed by atoms with Crippen LogP contribution >= 0.6 is 43.6 Å². The molecule has 138 valence electrons. The molecule has 0 saturated heterocycles. The van der Waals surface area contributed by atoms with Crippen LogP contribution in [0.2, 0.25) is 0 Å². The Hall–Kier alpha value is -2.02. The lowest BCUT2D eigenvalue weighted by Gasteiger charge is -2.10. The van der Waals surface area contributed by atoms with E-state index in [0.717, 1.165) is 37.2 Å². The first-order valence-corrected chi connectivity index (χ1v) is 11.2. The minimum absolute atomic E-state index is 0.669. The molecular formula is C22H15Br2N3S. The minimum atomic E-state index is 0.669. The highest BCUT2D eigenvalue weighted by Gasteiger charge is 2.14. The van der Waals surface area contributed by atoms with Crippen molar-refractivity contribution in [2.24, 2.45) is 0 Å². The lowest BCUT2D eigenvalue weighted by Crippen LogP contribution is -1.99. The molecule has 0 aliphatic carbocycles. The third-order valence-corrected chi connectivity index (χ3v) is 6.08. The third-order valence-electron chi connectivity index (χ3n) is 4.11. The summed E-state index contributed by atoms with van der Waals surface area (Å²) < 4.78 is 2.06. The number of hydrogen-bond acceptors (Lipinski definition) is 4. The van der Waals surface area contributed by atoms with Gasteiger partial charge in [-0.15, -0.1) is 10.2 Å². The summed E-state index contributed by atoms with van der Waals surface area (Å²) in [5, 5.41) is 9.58. The van der Waals surface area contributed by atoms with Crippen molar-refractivity contribution in [2.45, 2.75) is 10.9 Å². The normalized spacial score (nSPS) is 10.8. The van der Waals surface area contributed by atoms with E-state index in [1.807, 2.05) is 66.7 Å². The third kappa shape index (κ3) is 4.69. The minimum Gasteiger partial charge on any atom is -0.219 e. The summed E-state index contributed by atoms with van der Waals surface area (Å²) in [7, 11) is 0. The average molecular weight is 513 g/mol. The highest BCUT2D eigenvalue weighted by Crippen LogP contribution is 2.31. The van der Waals surface area contributed by atoms with Gasteiger partial charge in [0.05, 0.1) is 0 Å². The lowest BCUT2D eigenvalue weighted by atomic mass is 10.0. The smallest absolute Gasteiger partial charge is 0.210 e. The van der Waals surface area contributed by atoms with Gasteiger partial charge < -0.3 is 0 Å². The van der Waals surface area contributed by atoms with E-state index in [-0.39, 0.29) is 0 Å². The number of halogens is 2. The first kappa shape index (κ1) is 19.3. The van der Waals surface area contributed by atoms with Gasteiger partial charge in [0, 0.05) is 25.8 Å². The average Bonchev–Trinajstić information content (AvgIpc) is 2.74. The van der Waals surface area contributed by atoms with Gasteiger partial charge >= 0.3 is 0 Å². The van der Waals surface area contributed by atoms with Crippen LogP contribution in [0.1, 0.15) is 5.56 Å². The van der Waals surface area contributed by atoms with Gasteiger partial charge in [0.2, 0.25) is 5.16 Å². The second kappa shape index (κ2) is 8.99. The maximum absolute atomic E-state index is 4.85. The van der Waals surface area contributed by atoms with E-state index in [2.05, 4.69) is 54.2 Å². The van der Waals surface area contributed by atoms with E-state index in [1.165, 1.54) is 5.56 Å². The van der Waals surface area contributed by atoms with Crippen molar-refractivity contribution in [1.29, 1.82) is 0 Å². The number of thioether (sulfide) groups is 1. The molecule has 0 bridgehead atoms. The summed E-state index contributed by atoms with van der Waals surface area (Å²) in [4.78, 5) is 4.85. The van der Waals surface area contributed by atoms with E-state index < -0.39 is 0 Å². The molecule has 0 radical (unpaired) electrons. The Labute approximate surface area is 184 Å². The summed E-state index contributed by atoms with van der Waals surface area (Å²) in [5.74, 6) is 0.805. The van der Waals surface area contributed by atoms with Crippen LogP contribution in [0.25, 0.3) is 22.5 Å². The first-order chi connectivity index (χ1) is 13.7. The van der Waals surface area contributed by atoms with Crippen LogP contribution in [-0.4, -0.2) is 15.2 Å². The number of benzene rings is 3. The number of hydrogen-bond donors (Lipinski definition) is 0. The zero-order chi connectivity index (χ0) is 19.3. The molecule has 3 nitrogen and oxygen atoms in total. The molecule has 0 amide bonds. The SMILES string of the molecule is Brc1ccc(-c2nnc(SCc3ccccc3)nc2-c2ccc(Br)cc2)cc1. The van der Waals surface area contributed by atoms with Crippen LogP contribution in [0.5, 0.6) is 0 Å². The van der Waals surface area contributed by atoms with Crippen molar-refractivity contribution in [2.75, 3.05) is 0 Å². The van der Waals surface area contributed by atoms with Gasteiger partial charge in [0.25, 0.3) is 0 Å². The maximum Gasteiger partial charge on any atom is 0.210 e. The van der Waals surface area contributed by atoms with Crippen LogP contribution in [0, 0.1) is 0 Å². The van der Waals surface area contributed by atoms with Crippen molar-refractivity contribution in [3.63, 3.8) is 0 Å². The van der Waals surface area contributed by atoms with E-state index in [0.29, 0.717) is 5.16 Å². The molecule has 0 N–H and O–H groups in total. The predicted octanol–water partition coefficient (Wildman–Crippen LogP) is 7.02. The van der Waals surface area contributed by atoms with Gasteiger partial charge in [-0.25, -0.2) is 4.98 Å². The van der Waals surface area contributed by atoms with Crippen LogP contribution < -0.4 is 0 Å². The standard InChI is InChI=1S/C22H15Br2N3S/c23-18-10-6-16(7-11-18)20-21(17-8-12-19(24)13-9-17)26-27-22(25-20)28-14-15-4-2-1-3-5-15/h1-13H,14H2. The van der Waals surface area contributed by atoms with Crippen LogP contribution in [0.3, 0.4) is 0 Å². The van der Waals surface area contributed by atoms with Gasteiger partial charge in [-0.2, -0.15) is 0 Å². The maximum atomic E-state index is 4.85. The molecular weight excluding hydrogens is 498 g/mol. The fraction of sp³-hybridized carbons (Fsp3) is 0.0455. The monoisotopic (exact) mass is 511 g/mol. The van der Waals surface area contributed by atoms with E-state index in [9.17, 15) is 0 Å². The highest BCUT2D eigenvalue weighted by atomic mass is 79.9. The Bertz CT molecular complexity index is 1070. The Morgan fingerprint density at radius 2 is 1.21 bits per heavy atom. The zero-order valence-corrected chi connectivity index (χ0v) is 18.7. The molecule has 0 saturated carbocycles. The fourth-order valence-electron chi connectivity index (χ4n) is 2.71. The zero-order valence-electron chi connectivity index (χ0n) is 14.7. The van der Waals surface area contributed by atoms with E-state index in [4.69, 9.17) is 4.98 Å². The molecule has 0 unspecified atom stereocenters. The van der Waals surface area contributed by atoms with Crippen LogP contribution in [-0.2, 0) is 5.75 Å². The fourth-order valence-corrected chi connectivity index (χ4v) is 3.98. The molecule has 6 heteroatoms. The molecule has 0 atom stereocenters. The van der Waals surface area contributed by atoms with E-state index >= 15 is 0 Å². The van der Waals surface area contributed by atoms with Crippen LogP contribution in [0.4, 0.5) is 0 Å². The molecule has 1 aromatic heterocycles. The molecule has 4 rings (SSSR count). The summed E-state index contributed by atoms with van der Waals surface area (Å²) in [6, 6.07) is 26.5. The van der Waals surface area contributed by atoms with Crippen molar-refractivity contribution in [1.82, 2.24) is 15.2 Å². The van der Waals surface area contributed by atoms with Crippen molar-refractivity contribution >= 4 is 43.6 Å². The quantitative estimate of drug-likeness (QED) is 0.269. The highest BCUT2D eigenvalue weighted by molar-refractivity contribution is 9.10. The van der Waals surface area contributed by atoms with Gasteiger partial charge in [0.15, 0.2) is 0 Å². The molecule has 4 aromatic rings. The summed E-state index contributed by atoms with van der Waals surface area (Å²) in [5.41, 5.74) is 4.84. The molecule has 28 heavy (non-hydrogen) atoms. The van der Waals surface area contributed by atoms with E-state index in [1.54, 1.807) is 11.8 Å². The molecule has 3 aromatic carbocycles. The largest absolute Gasteiger partial charge is 0.219 e. The molecule has 0 spiro atoms. The Balaban J connectivity index is 1.71. The van der Waals surface area contributed by atoms with Crippen LogP contribution in [0.15, 0.2) is 93.0 Å². The molecule has 0 fully saturated rings. The Morgan fingerprint density at radius 1 is 0.643 bits per heavy atom. The predicted molar refractivity (Wildman–Crippen MR) is 122 cm³/mol. The Morgan fingerprint density at radius 3 is 1.82 bits per heavy atom. The summed E-state index contributed by atoms with van der Waals surface area (Å²) in [6.07, 6.45) is 0. The molecule has 0 aliphatic rings.